The number of ether oxygens (including phenoxy) is 1. The van der Waals surface area contributed by atoms with Crippen molar-refractivity contribution in [2.45, 2.75) is 17.7 Å². The van der Waals surface area contributed by atoms with E-state index in [0.717, 1.165) is 12.8 Å². The zero-order valence-corrected chi connectivity index (χ0v) is 18.6. The molecule has 0 aliphatic carbocycles. The van der Waals surface area contributed by atoms with Gasteiger partial charge >= 0.3 is 0 Å². The van der Waals surface area contributed by atoms with Crippen LogP contribution in [0.4, 0.5) is 0 Å². The Balaban J connectivity index is 1.30. The van der Waals surface area contributed by atoms with E-state index in [4.69, 9.17) is 4.74 Å². The summed E-state index contributed by atoms with van der Waals surface area (Å²) >= 11 is 0. The quantitative estimate of drug-likeness (QED) is 0.632. The fourth-order valence-corrected chi connectivity index (χ4v) is 5.76. The van der Waals surface area contributed by atoms with Crippen LogP contribution >= 0.6 is 0 Å². The number of morpholine rings is 1. The minimum absolute atomic E-state index is 0.107. The molecule has 3 fully saturated rings. The Morgan fingerprint density at radius 2 is 1.42 bits per heavy atom. The van der Waals surface area contributed by atoms with Gasteiger partial charge in [-0.15, -0.1) is 0 Å². The predicted molar refractivity (Wildman–Crippen MR) is 114 cm³/mol. The monoisotopic (exact) mass is 450 g/mol. The standard InChI is InChI=1S/C21H30N4O5S/c26-20(23-13-15-30-16-14-23)17-22-9-11-24(12-10-22)21(27)18-3-5-19(6-4-18)31(28,29)25-7-1-2-8-25/h3-6H,1-2,7-17H2. The maximum absolute atomic E-state index is 12.9. The van der Waals surface area contributed by atoms with Gasteiger partial charge in [-0.2, -0.15) is 4.31 Å². The zero-order valence-electron chi connectivity index (χ0n) is 17.7. The number of hydrogen-bond donors (Lipinski definition) is 0. The number of sulfonamides is 1. The van der Waals surface area contributed by atoms with Crippen molar-refractivity contribution in [2.75, 3.05) is 72.1 Å². The van der Waals surface area contributed by atoms with Crippen LogP contribution in [0.15, 0.2) is 29.2 Å². The Morgan fingerprint density at radius 1 is 0.806 bits per heavy atom. The largest absolute Gasteiger partial charge is 0.378 e. The summed E-state index contributed by atoms with van der Waals surface area (Å²) in [6.07, 6.45) is 1.78. The van der Waals surface area contributed by atoms with E-state index >= 15 is 0 Å². The molecule has 1 aromatic carbocycles. The van der Waals surface area contributed by atoms with Gasteiger partial charge in [-0.1, -0.05) is 0 Å². The molecule has 0 bridgehead atoms. The van der Waals surface area contributed by atoms with E-state index in [2.05, 4.69) is 4.90 Å². The topological polar surface area (TPSA) is 90.5 Å². The molecule has 9 nitrogen and oxygen atoms in total. The van der Waals surface area contributed by atoms with Crippen molar-refractivity contribution < 1.29 is 22.7 Å². The lowest BCUT2D eigenvalue weighted by molar-refractivity contribution is -0.136. The number of carbonyl (C=O) groups excluding carboxylic acids is 2. The molecule has 31 heavy (non-hydrogen) atoms. The Bertz CT molecular complexity index is 885. The second kappa shape index (κ2) is 9.64. The molecule has 0 atom stereocenters. The average molecular weight is 451 g/mol. The highest BCUT2D eigenvalue weighted by Crippen LogP contribution is 2.21. The van der Waals surface area contributed by atoms with Gasteiger partial charge in [0.2, 0.25) is 15.9 Å². The van der Waals surface area contributed by atoms with E-state index in [9.17, 15) is 18.0 Å². The number of hydrogen-bond acceptors (Lipinski definition) is 6. The summed E-state index contributed by atoms with van der Waals surface area (Å²) in [6.45, 7) is 6.31. The third kappa shape index (κ3) is 5.08. The Labute approximate surface area is 183 Å². The maximum Gasteiger partial charge on any atom is 0.253 e. The van der Waals surface area contributed by atoms with Gasteiger partial charge in [0.05, 0.1) is 24.7 Å². The molecule has 3 saturated heterocycles. The third-order valence-electron chi connectivity index (χ3n) is 6.19. The molecule has 3 heterocycles. The van der Waals surface area contributed by atoms with Gasteiger partial charge in [0.25, 0.3) is 5.91 Å². The molecule has 0 N–H and O–H groups in total. The first-order valence-corrected chi connectivity index (χ1v) is 12.4. The lowest BCUT2D eigenvalue weighted by Gasteiger charge is -2.36. The Hall–Kier alpha value is -2.01. The normalized spacial score (nSPS) is 21.4. The van der Waals surface area contributed by atoms with Crippen LogP contribution in [0.3, 0.4) is 0 Å². The van der Waals surface area contributed by atoms with Crippen LogP contribution in [-0.2, 0) is 19.6 Å². The van der Waals surface area contributed by atoms with Crippen molar-refractivity contribution in [1.29, 1.82) is 0 Å². The highest BCUT2D eigenvalue weighted by molar-refractivity contribution is 7.89. The van der Waals surface area contributed by atoms with Crippen LogP contribution in [0.5, 0.6) is 0 Å². The molecule has 0 aromatic heterocycles. The number of carbonyl (C=O) groups is 2. The van der Waals surface area contributed by atoms with Gasteiger partial charge in [-0.3, -0.25) is 14.5 Å². The summed E-state index contributed by atoms with van der Waals surface area (Å²) in [4.78, 5) is 31.2. The van der Waals surface area contributed by atoms with Gasteiger partial charge in [-0.25, -0.2) is 8.42 Å². The lowest BCUT2D eigenvalue weighted by Crippen LogP contribution is -2.52. The van der Waals surface area contributed by atoms with E-state index in [1.165, 1.54) is 16.4 Å². The van der Waals surface area contributed by atoms with E-state index in [1.807, 2.05) is 4.90 Å². The molecule has 0 spiro atoms. The summed E-state index contributed by atoms with van der Waals surface area (Å²) in [5.41, 5.74) is 0.484. The highest BCUT2D eigenvalue weighted by Gasteiger charge is 2.28. The molecule has 3 aliphatic heterocycles. The molecule has 2 amide bonds. The summed E-state index contributed by atoms with van der Waals surface area (Å²) in [6, 6.07) is 6.25. The van der Waals surface area contributed by atoms with Gasteiger partial charge < -0.3 is 14.5 Å². The van der Waals surface area contributed by atoms with E-state index in [1.54, 1.807) is 17.0 Å². The van der Waals surface area contributed by atoms with Gasteiger partial charge in [-0.05, 0) is 37.1 Å². The molecular weight excluding hydrogens is 420 g/mol. The number of piperazine rings is 1. The van der Waals surface area contributed by atoms with E-state index in [-0.39, 0.29) is 16.7 Å². The molecule has 1 aromatic rings. The average Bonchev–Trinajstić information content (AvgIpc) is 3.36. The van der Waals surface area contributed by atoms with Crippen LogP contribution in [0.25, 0.3) is 0 Å². The number of nitrogens with zero attached hydrogens (tertiary/aromatic N) is 4. The van der Waals surface area contributed by atoms with Crippen molar-refractivity contribution >= 4 is 21.8 Å². The van der Waals surface area contributed by atoms with Gasteiger partial charge in [0, 0.05) is 57.9 Å². The highest BCUT2D eigenvalue weighted by atomic mass is 32.2. The maximum atomic E-state index is 12.9. The summed E-state index contributed by atoms with van der Waals surface area (Å²) in [5, 5.41) is 0. The first-order valence-electron chi connectivity index (χ1n) is 10.9. The lowest BCUT2D eigenvalue weighted by atomic mass is 10.2. The first-order chi connectivity index (χ1) is 14.9. The number of benzene rings is 1. The Kier molecular flexibility index (Phi) is 6.90. The van der Waals surface area contributed by atoms with Crippen LogP contribution in [0.2, 0.25) is 0 Å². The van der Waals surface area contributed by atoms with Crippen molar-refractivity contribution in [3.05, 3.63) is 29.8 Å². The van der Waals surface area contributed by atoms with Gasteiger partial charge in [0.15, 0.2) is 0 Å². The summed E-state index contributed by atoms with van der Waals surface area (Å²) < 4.78 is 32.1. The molecule has 170 valence electrons. The molecule has 3 aliphatic rings. The van der Waals surface area contributed by atoms with Crippen molar-refractivity contribution in [2.24, 2.45) is 0 Å². The molecule has 4 rings (SSSR count). The van der Waals surface area contributed by atoms with E-state index in [0.29, 0.717) is 77.7 Å². The van der Waals surface area contributed by atoms with Crippen LogP contribution in [-0.4, -0.2) is 111 Å². The van der Waals surface area contributed by atoms with Crippen molar-refractivity contribution in [1.82, 2.24) is 19.0 Å². The minimum Gasteiger partial charge on any atom is -0.378 e. The number of rotatable bonds is 5. The molecular formula is C21H30N4O5S. The Morgan fingerprint density at radius 3 is 2.03 bits per heavy atom. The fourth-order valence-electron chi connectivity index (χ4n) is 4.24. The molecule has 0 saturated carbocycles. The SMILES string of the molecule is O=C(CN1CCN(C(=O)c2ccc(S(=O)(=O)N3CCCC3)cc2)CC1)N1CCOCC1. The number of amides is 2. The predicted octanol–water partition coefficient (Wildman–Crippen LogP) is 0.0877. The van der Waals surface area contributed by atoms with Crippen LogP contribution in [0, 0.1) is 0 Å². The molecule has 0 unspecified atom stereocenters. The summed E-state index contributed by atoms with van der Waals surface area (Å²) in [5.74, 6) is 0.00199. The zero-order chi connectivity index (χ0) is 21.8. The van der Waals surface area contributed by atoms with Crippen LogP contribution in [0.1, 0.15) is 23.2 Å². The summed E-state index contributed by atoms with van der Waals surface area (Å²) in [7, 11) is -3.48. The second-order valence-electron chi connectivity index (χ2n) is 8.20. The van der Waals surface area contributed by atoms with E-state index < -0.39 is 10.0 Å². The fraction of sp³-hybridized carbons (Fsp3) is 0.619. The molecule has 0 radical (unpaired) electrons. The van der Waals surface area contributed by atoms with Gasteiger partial charge in [0.1, 0.15) is 0 Å². The third-order valence-corrected chi connectivity index (χ3v) is 8.10. The smallest absolute Gasteiger partial charge is 0.253 e. The first kappa shape index (κ1) is 22.2. The van der Waals surface area contributed by atoms with Crippen molar-refractivity contribution in [3.8, 4) is 0 Å². The minimum atomic E-state index is -3.48. The second-order valence-corrected chi connectivity index (χ2v) is 10.1. The van der Waals surface area contributed by atoms with Crippen LogP contribution < -0.4 is 0 Å². The van der Waals surface area contributed by atoms with Crippen molar-refractivity contribution in [3.63, 3.8) is 0 Å². The molecule has 10 heteroatoms.